The summed E-state index contributed by atoms with van der Waals surface area (Å²) in [4.78, 5) is 27.8. The van der Waals surface area contributed by atoms with Crippen molar-refractivity contribution in [1.82, 2.24) is 19.9 Å². The monoisotopic (exact) mass is 467 g/mol. The second-order valence-electron chi connectivity index (χ2n) is 9.64. The number of hydrogen-bond donors (Lipinski definition) is 1. The van der Waals surface area contributed by atoms with Crippen LogP contribution in [0.2, 0.25) is 0 Å². The molecule has 1 N–H and O–H groups in total. The number of amides is 1. The van der Waals surface area contributed by atoms with Gasteiger partial charge >= 0.3 is 5.97 Å². The Morgan fingerprint density at radius 1 is 1.06 bits per heavy atom. The van der Waals surface area contributed by atoms with E-state index in [-0.39, 0.29) is 23.7 Å². The number of carbonyl (C=O) groups is 2. The van der Waals surface area contributed by atoms with E-state index in [9.17, 15) is 9.59 Å². The summed E-state index contributed by atoms with van der Waals surface area (Å²) in [5.41, 5.74) is 3.32. The van der Waals surface area contributed by atoms with Gasteiger partial charge in [0.1, 0.15) is 0 Å². The summed E-state index contributed by atoms with van der Waals surface area (Å²) in [5.74, 6) is -0.493. The number of fused-ring (bicyclic) bond motifs is 1. The van der Waals surface area contributed by atoms with Crippen LogP contribution >= 0.6 is 0 Å². The predicted octanol–water partition coefficient (Wildman–Crippen LogP) is 3.46. The molecule has 1 aromatic carbocycles. The highest BCUT2D eigenvalue weighted by atomic mass is 16.5. The molecule has 0 unspecified atom stereocenters. The van der Waals surface area contributed by atoms with Gasteiger partial charge in [-0.25, -0.2) is 9.48 Å². The van der Waals surface area contributed by atoms with Gasteiger partial charge in [0.2, 0.25) is 5.91 Å². The molecule has 34 heavy (non-hydrogen) atoms. The topological polar surface area (TPSA) is 98.6 Å². The second-order valence-corrected chi connectivity index (χ2v) is 9.64. The molecule has 0 radical (unpaired) electrons. The molecule has 0 spiro atoms. The van der Waals surface area contributed by atoms with Crippen LogP contribution < -0.4 is 5.32 Å². The average Bonchev–Trinajstić information content (AvgIpc) is 3.57. The first-order valence-corrected chi connectivity index (χ1v) is 12.4. The standard InChI is InChI=1S/C25H33N5O4/c1-33-25(32)22-14-30(28-27-22)21-12-23(29(13-21)20-7-5-3-2-4-6-8-20)24(31)26-19-10-9-17-15-34-16-18(17)11-19/h9-11,14,20-21,23H,2-8,12-13,15-16H2,1H3,(H,26,31)/t21-,23+/m1/s1. The number of likely N-dealkylation sites (tertiary alicyclic amines) is 1. The van der Waals surface area contributed by atoms with E-state index in [0.29, 0.717) is 32.2 Å². The number of nitrogens with zero attached hydrogens (tertiary/aromatic N) is 4. The highest BCUT2D eigenvalue weighted by Gasteiger charge is 2.41. The van der Waals surface area contributed by atoms with Crippen LogP contribution in [0.1, 0.15) is 79.0 Å². The minimum Gasteiger partial charge on any atom is -0.464 e. The summed E-state index contributed by atoms with van der Waals surface area (Å²) in [6, 6.07) is 6.10. The zero-order valence-electron chi connectivity index (χ0n) is 19.7. The van der Waals surface area contributed by atoms with E-state index in [0.717, 1.165) is 24.1 Å². The Balaban J connectivity index is 1.35. The van der Waals surface area contributed by atoms with Gasteiger partial charge in [0.25, 0.3) is 0 Å². The molecule has 1 saturated heterocycles. The number of anilines is 1. The summed E-state index contributed by atoms with van der Waals surface area (Å²) in [7, 11) is 1.33. The zero-order valence-corrected chi connectivity index (χ0v) is 19.7. The Hall–Kier alpha value is -2.78. The van der Waals surface area contributed by atoms with Crippen molar-refractivity contribution in [1.29, 1.82) is 0 Å². The fourth-order valence-electron chi connectivity index (χ4n) is 5.59. The van der Waals surface area contributed by atoms with Gasteiger partial charge in [-0.15, -0.1) is 5.10 Å². The molecule has 2 fully saturated rings. The van der Waals surface area contributed by atoms with Crippen molar-refractivity contribution in [3.8, 4) is 0 Å². The summed E-state index contributed by atoms with van der Waals surface area (Å²) in [6.45, 7) is 1.94. The molecule has 1 amide bonds. The molecule has 3 aliphatic rings. The lowest BCUT2D eigenvalue weighted by atomic mass is 9.95. The molecule has 5 rings (SSSR count). The summed E-state index contributed by atoms with van der Waals surface area (Å²) < 4.78 is 12.0. The fraction of sp³-hybridized carbons (Fsp3) is 0.600. The number of aromatic nitrogens is 3. The van der Waals surface area contributed by atoms with Gasteiger partial charge in [-0.2, -0.15) is 0 Å². The number of rotatable bonds is 5. The van der Waals surface area contributed by atoms with Crippen molar-refractivity contribution >= 4 is 17.6 Å². The molecule has 182 valence electrons. The van der Waals surface area contributed by atoms with E-state index in [1.807, 2.05) is 18.2 Å². The number of methoxy groups -OCH3 is 1. The van der Waals surface area contributed by atoms with Crippen LogP contribution in [0.5, 0.6) is 0 Å². The Kier molecular flexibility index (Phi) is 6.92. The highest BCUT2D eigenvalue weighted by Crippen LogP contribution is 2.34. The lowest BCUT2D eigenvalue weighted by Crippen LogP contribution is -2.45. The Morgan fingerprint density at radius 2 is 1.82 bits per heavy atom. The van der Waals surface area contributed by atoms with Crippen molar-refractivity contribution in [2.45, 2.75) is 82.7 Å². The van der Waals surface area contributed by atoms with Gasteiger partial charge in [0, 0.05) is 18.3 Å². The van der Waals surface area contributed by atoms with E-state index in [1.165, 1.54) is 44.8 Å². The number of carbonyl (C=O) groups excluding carboxylic acids is 2. The maximum atomic E-state index is 13.6. The van der Waals surface area contributed by atoms with Crippen LogP contribution in [-0.4, -0.2) is 57.5 Å². The van der Waals surface area contributed by atoms with Gasteiger partial charge in [0.15, 0.2) is 5.69 Å². The van der Waals surface area contributed by atoms with E-state index in [1.54, 1.807) is 10.9 Å². The molecule has 1 aliphatic carbocycles. The maximum Gasteiger partial charge on any atom is 0.360 e. The highest BCUT2D eigenvalue weighted by molar-refractivity contribution is 5.95. The predicted molar refractivity (Wildman–Crippen MR) is 125 cm³/mol. The molecule has 1 saturated carbocycles. The number of ether oxygens (including phenoxy) is 2. The molecular formula is C25H33N5O4. The summed E-state index contributed by atoms with van der Waals surface area (Å²) >= 11 is 0. The minimum absolute atomic E-state index is 0.0109. The Labute approximate surface area is 199 Å². The Morgan fingerprint density at radius 3 is 2.62 bits per heavy atom. The van der Waals surface area contributed by atoms with Crippen molar-refractivity contribution in [2.75, 3.05) is 19.0 Å². The van der Waals surface area contributed by atoms with Gasteiger partial charge in [-0.3, -0.25) is 9.69 Å². The van der Waals surface area contributed by atoms with Crippen LogP contribution in [0.15, 0.2) is 24.4 Å². The van der Waals surface area contributed by atoms with Gasteiger partial charge in [-0.1, -0.05) is 43.4 Å². The molecule has 2 aromatic rings. The third-order valence-electron chi connectivity index (χ3n) is 7.43. The van der Waals surface area contributed by atoms with Crippen molar-refractivity contribution in [3.63, 3.8) is 0 Å². The fourth-order valence-corrected chi connectivity index (χ4v) is 5.59. The first-order chi connectivity index (χ1) is 16.6. The second kappa shape index (κ2) is 10.2. The number of hydrogen-bond acceptors (Lipinski definition) is 7. The average molecular weight is 468 g/mol. The van der Waals surface area contributed by atoms with E-state index in [4.69, 9.17) is 9.47 Å². The molecule has 9 heteroatoms. The first kappa shape index (κ1) is 23.0. The van der Waals surface area contributed by atoms with Gasteiger partial charge in [-0.05, 0) is 42.5 Å². The number of esters is 1. The van der Waals surface area contributed by atoms with E-state index < -0.39 is 5.97 Å². The molecule has 2 aliphatic heterocycles. The number of benzene rings is 1. The quantitative estimate of drug-likeness (QED) is 0.673. The van der Waals surface area contributed by atoms with E-state index >= 15 is 0 Å². The smallest absolute Gasteiger partial charge is 0.360 e. The lowest BCUT2D eigenvalue weighted by molar-refractivity contribution is -0.121. The minimum atomic E-state index is -0.504. The molecule has 9 nitrogen and oxygen atoms in total. The molecule has 2 atom stereocenters. The largest absolute Gasteiger partial charge is 0.464 e. The molecule has 3 heterocycles. The Bertz CT molecular complexity index is 1030. The normalized spacial score (nSPS) is 23.8. The first-order valence-electron chi connectivity index (χ1n) is 12.4. The van der Waals surface area contributed by atoms with Crippen LogP contribution in [0, 0.1) is 0 Å². The van der Waals surface area contributed by atoms with Crippen molar-refractivity contribution in [2.24, 2.45) is 0 Å². The lowest BCUT2D eigenvalue weighted by Gasteiger charge is -2.33. The SMILES string of the molecule is COC(=O)c1cn([C@@H]2C[C@@H](C(=O)Nc3ccc4c(c3)COC4)N(C3CCCCCCC3)C2)nn1. The molecule has 0 bridgehead atoms. The van der Waals surface area contributed by atoms with Crippen molar-refractivity contribution in [3.05, 3.63) is 41.2 Å². The van der Waals surface area contributed by atoms with Crippen molar-refractivity contribution < 1.29 is 19.1 Å². The van der Waals surface area contributed by atoms with Gasteiger partial charge < -0.3 is 14.8 Å². The number of nitrogens with one attached hydrogen (secondary N) is 1. The third-order valence-corrected chi connectivity index (χ3v) is 7.43. The van der Waals surface area contributed by atoms with Crippen LogP contribution in [-0.2, 0) is 27.5 Å². The zero-order chi connectivity index (χ0) is 23.5. The maximum absolute atomic E-state index is 13.6. The third kappa shape index (κ3) is 4.86. The van der Waals surface area contributed by atoms with Gasteiger partial charge in [0.05, 0.1) is 38.6 Å². The summed E-state index contributed by atoms with van der Waals surface area (Å²) in [6.07, 6.45) is 10.7. The van der Waals surface area contributed by atoms with Crippen LogP contribution in [0.3, 0.4) is 0 Å². The molecular weight excluding hydrogens is 434 g/mol. The molecule has 1 aromatic heterocycles. The van der Waals surface area contributed by atoms with Crippen LogP contribution in [0.25, 0.3) is 0 Å². The summed E-state index contributed by atoms with van der Waals surface area (Å²) in [5, 5.41) is 11.3. The van der Waals surface area contributed by atoms with E-state index in [2.05, 4.69) is 20.5 Å². The van der Waals surface area contributed by atoms with Crippen LogP contribution in [0.4, 0.5) is 5.69 Å².